The molecule has 1 heterocycles. The summed E-state index contributed by atoms with van der Waals surface area (Å²) in [6.45, 7) is 3.62. The molecule has 5 heteroatoms. The predicted molar refractivity (Wildman–Crippen MR) is 92.3 cm³/mol. The monoisotopic (exact) mass is 316 g/mol. The van der Waals surface area contributed by atoms with Crippen LogP contribution in [-0.4, -0.2) is 24.5 Å². The Bertz CT molecular complexity index is 623. The highest BCUT2D eigenvalue weighted by Gasteiger charge is 2.00. The number of pyridine rings is 1. The van der Waals surface area contributed by atoms with Crippen molar-refractivity contribution in [3.8, 4) is 0 Å². The van der Waals surface area contributed by atoms with Crippen molar-refractivity contribution in [2.45, 2.75) is 19.9 Å². The fourth-order valence-electron chi connectivity index (χ4n) is 2.11. The normalized spacial score (nSPS) is 11.3. The summed E-state index contributed by atoms with van der Waals surface area (Å²) in [6, 6.07) is 9.84. The van der Waals surface area contributed by atoms with Crippen LogP contribution in [0.1, 0.15) is 16.7 Å². The van der Waals surface area contributed by atoms with Crippen molar-refractivity contribution >= 4 is 17.6 Å². The highest BCUT2D eigenvalue weighted by atomic mass is 35.5. The van der Waals surface area contributed by atoms with Crippen molar-refractivity contribution < 1.29 is 0 Å². The first kappa shape index (κ1) is 16.3. The second kappa shape index (κ2) is 8.39. The van der Waals surface area contributed by atoms with Gasteiger partial charge in [0.1, 0.15) is 0 Å². The average molecular weight is 317 g/mol. The van der Waals surface area contributed by atoms with Gasteiger partial charge in [0.2, 0.25) is 0 Å². The molecule has 4 nitrogen and oxygen atoms in total. The maximum atomic E-state index is 5.88. The summed E-state index contributed by atoms with van der Waals surface area (Å²) >= 11 is 5.88. The molecule has 22 heavy (non-hydrogen) atoms. The molecule has 0 unspecified atom stereocenters. The lowest BCUT2D eigenvalue weighted by molar-refractivity contribution is 0.792. The molecule has 0 fully saturated rings. The van der Waals surface area contributed by atoms with Crippen LogP contribution in [0, 0.1) is 6.92 Å². The fraction of sp³-hybridized carbons (Fsp3) is 0.294. The van der Waals surface area contributed by atoms with Crippen LogP contribution in [0.3, 0.4) is 0 Å². The molecule has 2 aromatic rings. The van der Waals surface area contributed by atoms with Gasteiger partial charge >= 0.3 is 0 Å². The van der Waals surface area contributed by atoms with Crippen molar-refractivity contribution in [1.82, 2.24) is 15.6 Å². The van der Waals surface area contributed by atoms with Crippen molar-refractivity contribution in [1.29, 1.82) is 0 Å². The van der Waals surface area contributed by atoms with Gasteiger partial charge < -0.3 is 10.6 Å². The standard InChI is InChI=1S/C17H21ClN4/c1-13-11-20-9-7-15(13)8-10-21-17(19-2)22-12-14-3-5-16(18)6-4-14/h3-7,9,11H,8,10,12H2,1-2H3,(H2,19,21,22). The summed E-state index contributed by atoms with van der Waals surface area (Å²) in [5, 5.41) is 7.36. The van der Waals surface area contributed by atoms with Gasteiger partial charge in [-0.05, 0) is 48.2 Å². The SMILES string of the molecule is CN=C(NCCc1ccncc1C)NCc1ccc(Cl)cc1. The van der Waals surface area contributed by atoms with Crippen LogP contribution in [0.5, 0.6) is 0 Å². The molecule has 0 saturated carbocycles. The molecule has 0 aliphatic heterocycles. The summed E-state index contributed by atoms with van der Waals surface area (Å²) in [5.41, 5.74) is 3.68. The first-order valence-electron chi connectivity index (χ1n) is 7.27. The lowest BCUT2D eigenvalue weighted by Crippen LogP contribution is -2.37. The fourth-order valence-corrected chi connectivity index (χ4v) is 2.23. The molecule has 2 rings (SSSR count). The Morgan fingerprint density at radius 3 is 2.64 bits per heavy atom. The van der Waals surface area contributed by atoms with Crippen LogP contribution in [0.25, 0.3) is 0 Å². The molecule has 1 aromatic heterocycles. The predicted octanol–water partition coefficient (Wildman–Crippen LogP) is 2.95. The number of nitrogens with zero attached hydrogens (tertiary/aromatic N) is 2. The summed E-state index contributed by atoms with van der Waals surface area (Å²) < 4.78 is 0. The third kappa shape index (κ3) is 5.04. The molecular formula is C17H21ClN4. The number of halogens is 1. The Balaban J connectivity index is 1.78. The largest absolute Gasteiger partial charge is 0.356 e. The van der Waals surface area contributed by atoms with Crippen molar-refractivity contribution in [3.63, 3.8) is 0 Å². The molecule has 116 valence electrons. The quantitative estimate of drug-likeness (QED) is 0.658. The van der Waals surface area contributed by atoms with Gasteiger partial charge in [-0.2, -0.15) is 0 Å². The molecule has 0 bridgehead atoms. The molecule has 1 aromatic carbocycles. The Morgan fingerprint density at radius 1 is 1.18 bits per heavy atom. The topological polar surface area (TPSA) is 49.3 Å². The average Bonchev–Trinajstić information content (AvgIpc) is 2.54. The Labute approximate surface area is 136 Å². The van der Waals surface area contributed by atoms with E-state index in [0.29, 0.717) is 6.54 Å². The number of aromatic nitrogens is 1. The van der Waals surface area contributed by atoms with Gasteiger partial charge in [-0.3, -0.25) is 9.98 Å². The zero-order valence-electron chi connectivity index (χ0n) is 12.9. The molecule has 0 radical (unpaired) electrons. The molecule has 0 atom stereocenters. The minimum absolute atomic E-state index is 0.713. The van der Waals surface area contributed by atoms with Gasteiger partial charge in [0.15, 0.2) is 5.96 Å². The van der Waals surface area contributed by atoms with E-state index >= 15 is 0 Å². The van der Waals surface area contributed by atoms with Gasteiger partial charge in [0, 0.05) is 37.6 Å². The van der Waals surface area contributed by atoms with E-state index in [4.69, 9.17) is 11.6 Å². The molecule has 0 spiro atoms. The number of hydrogen-bond donors (Lipinski definition) is 2. The van der Waals surface area contributed by atoms with Crippen LogP contribution in [-0.2, 0) is 13.0 Å². The van der Waals surface area contributed by atoms with Gasteiger partial charge in [-0.25, -0.2) is 0 Å². The number of aliphatic imine (C=N–C) groups is 1. The van der Waals surface area contributed by atoms with Crippen molar-refractivity contribution in [3.05, 3.63) is 64.4 Å². The molecule has 0 saturated heterocycles. The Morgan fingerprint density at radius 2 is 1.95 bits per heavy atom. The van der Waals surface area contributed by atoms with Gasteiger partial charge in [-0.1, -0.05) is 23.7 Å². The van der Waals surface area contributed by atoms with E-state index in [1.54, 1.807) is 7.05 Å². The zero-order valence-corrected chi connectivity index (χ0v) is 13.7. The van der Waals surface area contributed by atoms with Crippen LogP contribution >= 0.6 is 11.6 Å². The molecule has 0 aliphatic carbocycles. The number of hydrogen-bond acceptors (Lipinski definition) is 2. The van der Waals surface area contributed by atoms with Gasteiger partial charge in [-0.15, -0.1) is 0 Å². The maximum absolute atomic E-state index is 5.88. The first-order chi connectivity index (χ1) is 10.7. The molecule has 2 N–H and O–H groups in total. The minimum atomic E-state index is 0.713. The minimum Gasteiger partial charge on any atom is -0.356 e. The van der Waals surface area contributed by atoms with Crippen molar-refractivity contribution in [2.75, 3.05) is 13.6 Å². The Kier molecular flexibility index (Phi) is 6.22. The van der Waals surface area contributed by atoms with E-state index < -0.39 is 0 Å². The number of benzene rings is 1. The maximum Gasteiger partial charge on any atom is 0.191 e. The summed E-state index contributed by atoms with van der Waals surface area (Å²) in [7, 11) is 1.77. The third-order valence-electron chi connectivity index (χ3n) is 3.42. The van der Waals surface area contributed by atoms with Gasteiger partial charge in [0.05, 0.1) is 0 Å². The number of nitrogens with one attached hydrogen (secondary N) is 2. The third-order valence-corrected chi connectivity index (χ3v) is 3.67. The van der Waals surface area contributed by atoms with Gasteiger partial charge in [0.25, 0.3) is 0 Å². The lowest BCUT2D eigenvalue weighted by atomic mass is 10.1. The highest BCUT2D eigenvalue weighted by Crippen LogP contribution is 2.09. The Hall–Kier alpha value is -2.07. The molecule has 0 aliphatic rings. The number of rotatable bonds is 5. The van der Waals surface area contributed by atoms with Crippen LogP contribution < -0.4 is 10.6 Å². The first-order valence-corrected chi connectivity index (χ1v) is 7.65. The summed E-state index contributed by atoms with van der Waals surface area (Å²) in [6.07, 6.45) is 4.66. The highest BCUT2D eigenvalue weighted by molar-refractivity contribution is 6.30. The summed E-state index contributed by atoms with van der Waals surface area (Å²) in [5.74, 6) is 0.793. The van der Waals surface area contributed by atoms with Crippen LogP contribution in [0.15, 0.2) is 47.7 Å². The molecule has 0 amide bonds. The van der Waals surface area contributed by atoms with Crippen molar-refractivity contribution in [2.24, 2.45) is 4.99 Å². The van der Waals surface area contributed by atoms with E-state index in [2.05, 4.69) is 33.6 Å². The van der Waals surface area contributed by atoms with E-state index in [-0.39, 0.29) is 0 Å². The van der Waals surface area contributed by atoms with Crippen LogP contribution in [0.4, 0.5) is 0 Å². The second-order valence-electron chi connectivity index (χ2n) is 5.03. The number of guanidine groups is 1. The van der Waals surface area contributed by atoms with E-state index in [0.717, 1.165) is 29.5 Å². The van der Waals surface area contributed by atoms with Crippen LogP contribution in [0.2, 0.25) is 5.02 Å². The van der Waals surface area contributed by atoms with E-state index in [1.807, 2.05) is 36.7 Å². The smallest absolute Gasteiger partial charge is 0.191 e. The summed E-state index contributed by atoms with van der Waals surface area (Å²) in [4.78, 5) is 8.34. The zero-order chi connectivity index (χ0) is 15.8. The van der Waals surface area contributed by atoms with E-state index in [9.17, 15) is 0 Å². The number of aryl methyl sites for hydroxylation is 1. The molecular weight excluding hydrogens is 296 g/mol. The second-order valence-corrected chi connectivity index (χ2v) is 5.47. The lowest BCUT2D eigenvalue weighted by Gasteiger charge is -2.12. The van der Waals surface area contributed by atoms with E-state index in [1.165, 1.54) is 11.1 Å².